The van der Waals surface area contributed by atoms with Crippen molar-refractivity contribution in [3.8, 4) is 5.75 Å². The van der Waals surface area contributed by atoms with Crippen LogP contribution in [0.5, 0.6) is 5.75 Å². The molecule has 0 fully saturated rings. The lowest BCUT2D eigenvalue weighted by Crippen LogP contribution is -2.45. The van der Waals surface area contributed by atoms with Gasteiger partial charge in [0.1, 0.15) is 12.4 Å². The number of non-ortho nitro benzene ring substituents is 1. The molecule has 0 aromatic heterocycles. The minimum absolute atomic E-state index is 0.0192. The Morgan fingerprint density at radius 2 is 1.44 bits per heavy atom. The number of Topliss-reactive ketones (excluding diaryl/α,β-unsaturated/α-hetero) is 2. The second-order valence-corrected chi connectivity index (χ2v) is 12.9. The smallest absolute Gasteiger partial charge is 0.269 e. The molecule has 0 atom stereocenters. The van der Waals surface area contributed by atoms with Crippen LogP contribution in [-0.4, -0.2) is 41.7 Å². The van der Waals surface area contributed by atoms with E-state index in [1.54, 1.807) is 19.2 Å². The number of hydrogen-bond acceptors (Lipinski definition) is 7. The summed E-state index contributed by atoms with van der Waals surface area (Å²) in [6.45, 7) is 9.75. The molecule has 2 aliphatic carbocycles. The van der Waals surface area contributed by atoms with Crippen molar-refractivity contribution in [1.29, 1.82) is 0 Å². The SMILES string of the molecule is COCCN1C2=C(C(=O)CC(C)(C)C2)C(c2ccccc2OCc2ccc([N+](=O)[O-])cc2)C2=C1CC(C)(C)CC2=O. The summed E-state index contributed by atoms with van der Waals surface area (Å²) in [6, 6.07) is 13.9. The second kappa shape index (κ2) is 10.9. The fourth-order valence-corrected chi connectivity index (χ4v) is 6.54. The van der Waals surface area contributed by atoms with E-state index >= 15 is 0 Å². The van der Waals surface area contributed by atoms with Gasteiger partial charge in [0.2, 0.25) is 0 Å². The molecule has 1 heterocycles. The normalized spacial score (nSPS) is 20.2. The molecule has 2 aromatic carbocycles. The van der Waals surface area contributed by atoms with Crippen LogP contribution in [-0.2, 0) is 20.9 Å². The first kappa shape index (κ1) is 28.7. The van der Waals surface area contributed by atoms with Gasteiger partial charge in [0, 0.05) is 72.7 Å². The number of methoxy groups -OCH3 is 1. The number of hydrogen-bond donors (Lipinski definition) is 0. The molecule has 8 heteroatoms. The summed E-state index contributed by atoms with van der Waals surface area (Å²) in [5.74, 6) is 0.213. The van der Waals surface area contributed by atoms with Crippen molar-refractivity contribution in [3.05, 3.63) is 92.3 Å². The van der Waals surface area contributed by atoms with Crippen LogP contribution in [0.25, 0.3) is 0 Å². The topological polar surface area (TPSA) is 99.0 Å². The van der Waals surface area contributed by atoms with Gasteiger partial charge < -0.3 is 14.4 Å². The van der Waals surface area contributed by atoms with Crippen molar-refractivity contribution in [2.75, 3.05) is 20.3 Å². The Balaban J connectivity index is 1.62. The number of nitrogens with zero attached hydrogens (tertiary/aromatic N) is 2. The summed E-state index contributed by atoms with van der Waals surface area (Å²) in [7, 11) is 1.67. The third-order valence-electron chi connectivity index (χ3n) is 8.31. The Morgan fingerprint density at radius 1 is 0.878 bits per heavy atom. The Labute approximate surface area is 241 Å². The number of nitro benzene ring substituents is 1. The number of ether oxygens (including phenoxy) is 2. The Morgan fingerprint density at radius 3 is 1.98 bits per heavy atom. The standard InChI is InChI=1S/C33H38N2O6/c1-32(2)16-24-30(26(36)18-32)29(31-25(34(24)14-15-40-5)17-33(3,4)19-27(31)37)23-8-6-7-9-28(23)41-20-21-10-12-22(13-11-21)35(38)39/h6-13,29H,14-20H2,1-5H3. The molecule has 0 saturated carbocycles. The average Bonchev–Trinajstić information content (AvgIpc) is 2.89. The fraction of sp³-hybridized carbons (Fsp3) is 0.455. The van der Waals surface area contributed by atoms with Gasteiger partial charge in [-0.05, 0) is 47.4 Å². The molecule has 216 valence electrons. The van der Waals surface area contributed by atoms with Crippen molar-refractivity contribution in [2.24, 2.45) is 10.8 Å². The molecule has 8 nitrogen and oxygen atoms in total. The van der Waals surface area contributed by atoms with Crippen LogP contribution >= 0.6 is 0 Å². The predicted octanol–water partition coefficient (Wildman–Crippen LogP) is 6.51. The number of rotatable bonds is 8. The maximum Gasteiger partial charge on any atom is 0.269 e. The van der Waals surface area contributed by atoms with E-state index < -0.39 is 10.8 Å². The van der Waals surface area contributed by atoms with Gasteiger partial charge >= 0.3 is 0 Å². The molecule has 0 N–H and O–H groups in total. The minimum Gasteiger partial charge on any atom is -0.489 e. The van der Waals surface area contributed by atoms with E-state index in [1.165, 1.54) is 12.1 Å². The number of nitro groups is 1. The molecule has 0 spiro atoms. The summed E-state index contributed by atoms with van der Waals surface area (Å²) < 4.78 is 11.8. The zero-order valence-corrected chi connectivity index (χ0v) is 24.5. The van der Waals surface area contributed by atoms with Gasteiger partial charge in [-0.1, -0.05) is 45.9 Å². The quantitative estimate of drug-likeness (QED) is 0.269. The van der Waals surface area contributed by atoms with Gasteiger partial charge in [-0.15, -0.1) is 0 Å². The summed E-state index contributed by atoms with van der Waals surface area (Å²) in [4.78, 5) is 40.8. The van der Waals surface area contributed by atoms with Gasteiger partial charge in [0.05, 0.1) is 11.5 Å². The van der Waals surface area contributed by atoms with Gasteiger partial charge in [0.15, 0.2) is 11.6 Å². The molecule has 0 amide bonds. The summed E-state index contributed by atoms with van der Waals surface area (Å²) in [5, 5.41) is 11.1. The molecule has 3 aliphatic rings. The van der Waals surface area contributed by atoms with Crippen molar-refractivity contribution >= 4 is 17.3 Å². The third kappa shape index (κ3) is 5.71. The van der Waals surface area contributed by atoms with Crippen molar-refractivity contribution in [3.63, 3.8) is 0 Å². The fourth-order valence-electron chi connectivity index (χ4n) is 6.54. The summed E-state index contributed by atoms with van der Waals surface area (Å²) in [6.07, 6.45) is 2.28. The molecule has 0 radical (unpaired) electrons. The lowest BCUT2D eigenvalue weighted by molar-refractivity contribution is -0.384. The maximum atomic E-state index is 14.0. The van der Waals surface area contributed by atoms with Crippen LogP contribution < -0.4 is 4.74 Å². The van der Waals surface area contributed by atoms with Crippen molar-refractivity contribution < 1.29 is 24.0 Å². The Kier molecular flexibility index (Phi) is 7.64. The number of carbonyl (C=O) groups is 2. The molecule has 0 unspecified atom stereocenters. The molecular formula is C33H38N2O6. The van der Waals surface area contributed by atoms with Crippen LogP contribution in [0.4, 0.5) is 5.69 Å². The number of benzene rings is 2. The first-order chi connectivity index (χ1) is 19.4. The third-order valence-corrected chi connectivity index (χ3v) is 8.31. The minimum atomic E-state index is -0.515. The van der Waals surface area contributed by atoms with E-state index in [1.807, 2.05) is 24.3 Å². The van der Waals surface area contributed by atoms with Crippen LogP contribution in [0.1, 0.15) is 70.4 Å². The first-order valence-corrected chi connectivity index (χ1v) is 14.1. The summed E-state index contributed by atoms with van der Waals surface area (Å²) in [5.41, 5.74) is 4.55. The largest absolute Gasteiger partial charge is 0.489 e. The highest BCUT2D eigenvalue weighted by molar-refractivity contribution is 6.07. The number of para-hydroxylation sites is 1. The molecule has 41 heavy (non-hydrogen) atoms. The Hall–Kier alpha value is -3.78. The lowest BCUT2D eigenvalue weighted by Gasteiger charge is -2.49. The first-order valence-electron chi connectivity index (χ1n) is 14.1. The molecule has 5 rings (SSSR count). The number of carbonyl (C=O) groups excluding carboxylic acids is 2. The lowest BCUT2D eigenvalue weighted by atomic mass is 9.63. The van der Waals surface area contributed by atoms with Crippen LogP contribution in [0.15, 0.2) is 71.1 Å². The van der Waals surface area contributed by atoms with Gasteiger partial charge in [-0.3, -0.25) is 19.7 Å². The van der Waals surface area contributed by atoms with Gasteiger partial charge in [-0.2, -0.15) is 0 Å². The molecule has 0 saturated heterocycles. The van der Waals surface area contributed by atoms with Gasteiger partial charge in [-0.25, -0.2) is 0 Å². The highest BCUT2D eigenvalue weighted by Gasteiger charge is 2.49. The van der Waals surface area contributed by atoms with Crippen molar-refractivity contribution in [2.45, 2.75) is 65.9 Å². The zero-order chi connectivity index (χ0) is 29.5. The predicted molar refractivity (Wildman–Crippen MR) is 155 cm³/mol. The molecule has 0 bridgehead atoms. The monoisotopic (exact) mass is 558 g/mol. The van der Waals surface area contributed by atoms with Crippen LogP contribution in [0, 0.1) is 20.9 Å². The van der Waals surface area contributed by atoms with E-state index in [9.17, 15) is 19.7 Å². The van der Waals surface area contributed by atoms with Gasteiger partial charge in [0.25, 0.3) is 5.69 Å². The van der Waals surface area contributed by atoms with E-state index in [4.69, 9.17) is 9.47 Å². The second-order valence-electron chi connectivity index (χ2n) is 12.9. The summed E-state index contributed by atoms with van der Waals surface area (Å²) >= 11 is 0. The van der Waals surface area contributed by atoms with Crippen molar-refractivity contribution in [1.82, 2.24) is 4.90 Å². The van der Waals surface area contributed by atoms with E-state index in [0.29, 0.717) is 42.9 Å². The zero-order valence-electron chi connectivity index (χ0n) is 24.5. The Bertz CT molecular complexity index is 1400. The molecule has 2 aromatic rings. The highest BCUT2D eigenvalue weighted by Crippen LogP contribution is 2.55. The van der Waals surface area contributed by atoms with E-state index in [0.717, 1.165) is 35.4 Å². The van der Waals surface area contributed by atoms with Crippen LogP contribution in [0.3, 0.4) is 0 Å². The molecule has 1 aliphatic heterocycles. The maximum absolute atomic E-state index is 14.0. The van der Waals surface area contributed by atoms with E-state index in [2.05, 4.69) is 32.6 Å². The number of ketones is 2. The average molecular weight is 559 g/mol. The van der Waals surface area contributed by atoms with E-state index in [-0.39, 0.29) is 34.7 Å². The van der Waals surface area contributed by atoms with Crippen LogP contribution in [0.2, 0.25) is 0 Å². The number of allylic oxidation sites excluding steroid dienone is 4. The highest BCUT2D eigenvalue weighted by atomic mass is 16.6. The molecular weight excluding hydrogens is 520 g/mol.